The summed E-state index contributed by atoms with van der Waals surface area (Å²) in [4.78, 5) is 12.0. The molecule has 0 aliphatic carbocycles. The van der Waals surface area contributed by atoms with Crippen molar-refractivity contribution in [2.75, 3.05) is 20.3 Å². The number of ether oxygens (including phenoxy) is 1. The smallest absolute Gasteiger partial charge is 0.267 e. The molecule has 0 fully saturated rings. The maximum Gasteiger partial charge on any atom is 0.267 e. The van der Waals surface area contributed by atoms with Gasteiger partial charge in [0.05, 0.1) is 6.61 Å². The molecule has 100 valence electrons. The van der Waals surface area contributed by atoms with Crippen LogP contribution in [0.1, 0.15) is 16.1 Å². The molecule has 1 aromatic carbocycles. The standard InChI is InChI=1S/C15H18N2O2/c1-19-11-9-16-15(18)14-8-5-10-17(14)12-13-6-3-2-4-7-13/h2-8,10H,9,11-12H2,1H3,(H,16,18). The van der Waals surface area contributed by atoms with Crippen LogP contribution in [0.3, 0.4) is 0 Å². The van der Waals surface area contributed by atoms with Gasteiger partial charge in [-0.2, -0.15) is 0 Å². The van der Waals surface area contributed by atoms with Gasteiger partial charge in [-0.3, -0.25) is 4.79 Å². The molecule has 0 aliphatic rings. The molecular formula is C15H18N2O2. The Morgan fingerprint density at radius 2 is 2.00 bits per heavy atom. The number of amides is 1. The number of hydrogen-bond acceptors (Lipinski definition) is 2. The summed E-state index contributed by atoms with van der Waals surface area (Å²) >= 11 is 0. The second-order valence-corrected chi connectivity index (χ2v) is 4.26. The van der Waals surface area contributed by atoms with E-state index in [1.54, 1.807) is 7.11 Å². The highest BCUT2D eigenvalue weighted by molar-refractivity contribution is 5.92. The molecule has 0 spiro atoms. The number of aromatic nitrogens is 1. The average Bonchev–Trinajstić information content (AvgIpc) is 2.88. The zero-order valence-electron chi connectivity index (χ0n) is 11.0. The molecule has 0 aliphatic heterocycles. The van der Waals surface area contributed by atoms with Crippen molar-refractivity contribution < 1.29 is 9.53 Å². The molecule has 0 saturated heterocycles. The number of benzene rings is 1. The van der Waals surface area contributed by atoms with Crippen molar-refractivity contribution in [3.63, 3.8) is 0 Å². The predicted molar refractivity (Wildman–Crippen MR) is 74.2 cm³/mol. The normalized spacial score (nSPS) is 10.4. The molecule has 0 radical (unpaired) electrons. The molecule has 2 rings (SSSR count). The van der Waals surface area contributed by atoms with Crippen molar-refractivity contribution in [1.82, 2.24) is 9.88 Å². The van der Waals surface area contributed by atoms with Crippen LogP contribution in [0.4, 0.5) is 0 Å². The highest BCUT2D eigenvalue weighted by Gasteiger charge is 2.10. The SMILES string of the molecule is COCCNC(=O)c1cccn1Cc1ccccc1. The quantitative estimate of drug-likeness (QED) is 0.804. The lowest BCUT2D eigenvalue weighted by Gasteiger charge is -2.09. The molecule has 0 bridgehead atoms. The number of hydrogen-bond donors (Lipinski definition) is 1. The second-order valence-electron chi connectivity index (χ2n) is 4.26. The topological polar surface area (TPSA) is 43.3 Å². The van der Waals surface area contributed by atoms with E-state index in [-0.39, 0.29) is 5.91 Å². The maximum absolute atomic E-state index is 12.0. The Hall–Kier alpha value is -2.07. The molecular weight excluding hydrogens is 240 g/mol. The molecule has 1 heterocycles. The zero-order valence-corrected chi connectivity index (χ0v) is 11.0. The predicted octanol–water partition coefficient (Wildman–Crippen LogP) is 1.91. The van der Waals surface area contributed by atoms with E-state index in [2.05, 4.69) is 5.32 Å². The number of methoxy groups -OCH3 is 1. The van der Waals surface area contributed by atoms with Gasteiger partial charge in [0.15, 0.2) is 0 Å². The summed E-state index contributed by atoms with van der Waals surface area (Å²) < 4.78 is 6.86. The minimum absolute atomic E-state index is 0.0713. The van der Waals surface area contributed by atoms with Gasteiger partial charge in [0.25, 0.3) is 5.91 Å². The third-order valence-corrected chi connectivity index (χ3v) is 2.85. The lowest BCUT2D eigenvalue weighted by molar-refractivity contribution is 0.0928. The summed E-state index contributed by atoms with van der Waals surface area (Å²) in [5.41, 5.74) is 1.84. The molecule has 1 aromatic heterocycles. The molecule has 2 aromatic rings. The van der Waals surface area contributed by atoms with Crippen LogP contribution in [-0.2, 0) is 11.3 Å². The Morgan fingerprint density at radius 1 is 1.21 bits per heavy atom. The van der Waals surface area contributed by atoms with Crippen LogP contribution in [0, 0.1) is 0 Å². The van der Waals surface area contributed by atoms with Crippen LogP contribution >= 0.6 is 0 Å². The van der Waals surface area contributed by atoms with Crippen LogP contribution < -0.4 is 5.32 Å². The molecule has 1 N–H and O–H groups in total. The summed E-state index contributed by atoms with van der Waals surface area (Å²) in [6.45, 7) is 1.73. The van der Waals surface area contributed by atoms with Crippen molar-refractivity contribution >= 4 is 5.91 Å². The summed E-state index contributed by atoms with van der Waals surface area (Å²) in [5, 5.41) is 2.83. The molecule has 0 unspecified atom stereocenters. The fourth-order valence-corrected chi connectivity index (χ4v) is 1.90. The van der Waals surface area contributed by atoms with E-state index in [0.717, 1.165) is 0 Å². The van der Waals surface area contributed by atoms with Crippen molar-refractivity contribution in [3.05, 3.63) is 59.9 Å². The Morgan fingerprint density at radius 3 is 2.74 bits per heavy atom. The van der Waals surface area contributed by atoms with Crippen molar-refractivity contribution in [2.24, 2.45) is 0 Å². The largest absolute Gasteiger partial charge is 0.383 e. The van der Waals surface area contributed by atoms with Crippen molar-refractivity contribution in [1.29, 1.82) is 0 Å². The number of rotatable bonds is 6. The van der Waals surface area contributed by atoms with E-state index in [1.807, 2.05) is 53.2 Å². The van der Waals surface area contributed by atoms with Gasteiger partial charge in [0, 0.05) is 26.4 Å². The Labute approximate surface area is 113 Å². The molecule has 4 heteroatoms. The second kappa shape index (κ2) is 6.75. The number of nitrogens with one attached hydrogen (secondary N) is 1. The lowest BCUT2D eigenvalue weighted by atomic mass is 10.2. The Balaban J connectivity index is 2.03. The fourth-order valence-electron chi connectivity index (χ4n) is 1.90. The first kappa shape index (κ1) is 13.4. The molecule has 0 saturated carbocycles. The number of carbonyl (C=O) groups excluding carboxylic acids is 1. The summed E-state index contributed by atoms with van der Waals surface area (Å²) in [6, 6.07) is 13.8. The first-order valence-electron chi connectivity index (χ1n) is 6.27. The van der Waals surface area contributed by atoms with Gasteiger partial charge < -0.3 is 14.6 Å². The maximum atomic E-state index is 12.0. The van der Waals surface area contributed by atoms with E-state index in [0.29, 0.717) is 25.4 Å². The van der Waals surface area contributed by atoms with Gasteiger partial charge in [0.2, 0.25) is 0 Å². The fraction of sp³-hybridized carbons (Fsp3) is 0.267. The number of nitrogens with zero attached hydrogens (tertiary/aromatic N) is 1. The first-order valence-corrected chi connectivity index (χ1v) is 6.27. The van der Waals surface area contributed by atoms with Gasteiger partial charge in [-0.1, -0.05) is 30.3 Å². The van der Waals surface area contributed by atoms with E-state index < -0.39 is 0 Å². The minimum atomic E-state index is -0.0713. The van der Waals surface area contributed by atoms with Crippen LogP contribution in [0.15, 0.2) is 48.7 Å². The Bertz CT molecular complexity index is 520. The van der Waals surface area contributed by atoms with Gasteiger partial charge in [-0.15, -0.1) is 0 Å². The van der Waals surface area contributed by atoms with E-state index in [9.17, 15) is 4.79 Å². The van der Waals surface area contributed by atoms with Crippen molar-refractivity contribution in [3.8, 4) is 0 Å². The van der Waals surface area contributed by atoms with E-state index in [1.165, 1.54) is 5.56 Å². The number of carbonyl (C=O) groups is 1. The van der Waals surface area contributed by atoms with Crippen LogP contribution in [0.2, 0.25) is 0 Å². The van der Waals surface area contributed by atoms with Gasteiger partial charge in [0.1, 0.15) is 5.69 Å². The molecule has 0 atom stereocenters. The third-order valence-electron chi connectivity index (χ3n) is 2.85. The first-order chi connectivity index (χ1) is 9.31. The highest BCUT2D eigenvalue weighted by atomic mass is 16.5. The zero-order chi connectivity index (χ0) is 13.5. The van der Waals surface area contributed by atoms with Crippen LogP contribution in [0.5, 0.6) is 0 Å². The Kier molecular flexibility index (Phi) is 4.75. The third kappa shape index (κ3) is 3.69. The van der Waals surface area contributed by atoms with E-state index in [4.69, 9.17) is 4.74 Å². The molecule has 1 amide bonds. The summed E-state index contributed by atoms with van der Waals surface area (Å²) in [6.07, 6.45) is 1.91. The van der Waals surface area contributed by atoms with Gasteiger partial charge >= 0.3 is 0 Å². The average molecular weight is 258 g/mol. The highest BCUT2D eigenvalue weighted by Crippen LogP contribution is 2.07. The summed E-state index contributed by atoms with van der Waals surface area (Å²) in [5.74, 6) is -0.0713. The van der Waals surface area contributed by atoms with Crippen LogP contribution in [-0.4, -0.2) is 30.7 Å². The molecule has 4 nitrogen and oxygen atoms in total. The van der Waals surface area contributed by atoms with Crippen LogP contribution in [0.25, 0.3) is 0 Å². The van der Waals surface area contributed by atoms with Crippen molar-refractivity contribution in [2.45, 2.75) is 6.54 Å². The molecule has 19 heavy (non-hydrogen) atoms. The summed E-state index contributed by atoms with van der Waals surface area (Å²) in [7, 11) is 1.62. The monoisotopic (exact) mass is 258 g/mol. The van der Waals surface area contributed by atoms with Gasteiger partial charge in [-0.05, 0) is 17.7 Å². The van der Waals surface area contributed by atoms with Gasteiger partial charge in [-0.25, -0.2) is 0 Å². The lowest BCUT2D eigenvalue weighted by Crippen LogP contribution is -2.28. The van der Waals surface area contributed by atoms with E-state index >= 15 is 0 Å². The minimum Gasteiger partial charge on any atom is -0.383 e.